The minimum Gasteiger partial charge on any atom is -0.497 e. The van der Waals surface area contributed by atoms with Crippen LogP contribution in [-0.2, 0) is 30.0 Å². The maximum Gasteiger partial charge on any atom is 0.459 e. The molecule has 0 saturated carbocycles. The molecule has 0 radical (unpaired) electrons. The van der Waals surface area contributed by atoms with E-state index in [2.05, 4.69) is 5.09 Å². The van der Waals surface area contributed by atoms with Gasteiger partial charge in [-0.1, -0.05) is 44.2 Å². The highest BCUT2D eigenvalue weighted by Gasteiger charge is 2.48. The van der Waals surface area contributed by atoms with Gasteiger partial charge in [-0.25, -0.2) is 4.57 Å². The summed E-state index contributed by atoms with van der Waals surface area (Å²) in [6, 6.07) is 12.6. The molecule has 1 saturated heterocycles. The number of benzene rings is 2. The number of nitrogens with two attached hydrogens (primary N) is 1. The van der Waals surface area contributed by atoms with E-state index in [-0.39, 0.29) is 12.4 Å². The summed E-state index contributed by atoms with van der Waals surface area (Å²) in [6.45, 7) is 2.74. The number of hydrogen-bond acceptors (Lipinski definition) is 11. The van der Waals surface area contributed by atoms with Crippen LogP contribution in [0.15, 0.2) is 54.6 Å². The van der Waals surface area contributed by atoms with Gasteiger partial charge in [-0.2, -0.15) is 5.09 Å². The van der Waals surface area contributed by atoms with E-state index >= 15 is 0 Å². The number of aliphatic hydroxyl groups is 3. The Morgan fingerprint density at radius 3 is 2.32 bits per heavy atom. The maximum absolute atomic E-state index is 14.1. The van der Waals surface area contributed by atoms with E-state index < -0.39 is 62.9 Å². The van der Waals surface area contributed by atoms with Crippen molar-refractivity contribution < 1.29 is 47.9 Å². The number of nitrogens with one attached hydrogen (secondary N) is 1. The number of ether oxygens (including phenoxy) is 3. The van der Waals surface area contributed by atoms with Crippen LogP contribution >= 0.6 is 7.75 Å². The second kappa shape index (κ2) is 13.5. The molecule has 12 nitrogen and oxygen atoms in total. The minimum atomic E-state index is -4.51. The van der Waals surface area contributed by atoms with Gasteiger partial charge in [0.05, 0.1) is 19.8 Å². The molecule has 3 rings (SSSR count). The first-order chi connectivity index (χ1) is 18.1. The van der Waals surface area contributed by atoms with Gasteiger partial charge in [0.15, 0.2) is 6.29 Å². The van der Waals surface area contributed by atoms with Crippen molar-refractivity contribution in [2.45, 2.75) is 57.1 Å². The fraction of sp³-hybridized carbons (Fsp3) is 0.480. The van der Waals surface area contributed by atoms with E-state index in [0.717, 1.165) is 5.56 Å². The molecule has 1 aliphatic heterocycles. The highest BCUT2D eigenvalue weighted by atomic mass is 31.2. The number of methoxy groups -OCH3 is 1. The Bertz CT molecular complexity index is 1070. The molecule has 1 heterocycles. The molecular formula is C25H35N2O10P. The Labute approximate surface area is 221 Å². The summed E-state index contributed by atoms with van der Waals surface area (Å²) in [7, 11) is -3.03. The molecule has 0 aromatic heterocycles. The molecule has 0 aliphatic carbocycles. The molecule has 0 amide bonds. The lowest BCUT2D eigenvalue weighted by molar-refractivity contribution is -0.245. The van der Waals surface area contributed by atoms with Crippen LogP contribution in [0.4, 0.5) is 0 Å². The lowest BCUT2D eigenvalue weighted by Gasteiger charge is -2.41. The molecule has 13 heteroatoms. The quantitative estimate of drug-likeness (QED) is 0.188. The Hall–Kier alpha value is -2.54. The van der Waals surface area contributed by atoms with Crippen LogP contribution in [0.5, 0.6) is 11.5 Å². The van der Waals surface area contributed by atoms with Gasteiger partial charge in [-0.15, -0.1) is 0 Å². The SMILES string of the molecule is COc1ccc(OP(=O)(NC(C(=O)OCc2ccccc2)C(C)C)O[C@@H]2[C@@H](N)[C@@H](O)O[C@H](CO)[C@H]2O)cc1. The fourth-order valence-corrected chi connectivity index (χ4v) is 5.60. The molecule has 1 aliphatic rings. The zero-order valence-corrected chi connectivity index (χ0v) is 22.3. The van der Waals surface area contributed by atoms with Gasteiger partial charge >= 0.3 is 13.7 Å². The first-order valence-corrected chi connectivity index (χ1v) is 13.6. The van der Waals surface area contributed by atoms with Gasteiger partial charge in [-0.05, 0) is 35.7 Å². The summed E-state index contributed by atoms with van der Waals surface area (Å²) in [5.41, 5.74) is 6.74. The van der Waals surface area contributed by atoms with Gasteiger partial charge in [-0.3, -0.25) is 9.32 Å². The average Bonchev–Trinajstić information content (AvgIpc) is 2.91. The van der Waals surface area contributed by atoms with Crippen molar-refractivity contribution in [1.29, 1.82) is 0 Å². The van der Waals surface area contributed by atoms with Crippen molar-refractivity contribution in [3.63, 3.8) is 0 Å². The molecule has 0 spiro atoms. The number of hydrogen-bond donors (Lipinski definition) is 5. The second-order valence-electron chi connectivity index (χ2n) is 9.09. The lowest BCUT2D eigenvalue weighted by atomic mass is 9.98. The van der Waals surface area contributed by atoms with Crippen molar-refractivity contribution in [2.75, 3.05) is 13.7 Å². The molecule has 0 bridgehead atoms. The lowest BCUT2D eigenvalue weighted by Crippen LogP contribution is -2.62. The van der Waals surface area contributed by atoms with E-state index in [1.54, 1.807) is 38.1 Å². The summed E-state index contributed by atoms with van der Waals surface area (Å²) < 4.78 is 41.2. The molecule has 2 aromatic rings. The van der Waals surface area contributed by atoms with E-state index in [0.29, 0.717) is 5.75 Å². The molecule has 2 aromatic carbocycles. The van der Waals surface area contributed by atoms with E-state index in [1.807, 2.05) is 18.2 Å². The number of carbonyl (C=O) groups is 1. The highest BCUT2D eigenvalue weighted by molar-refractivity contribution is 7.52. The number of esters is 1. The summed E-state index contributed by atoms with van der Waals surface area (Å²) >= 11 is 0. The minimum absolute atomic E-state index is 0.0109. The first-order valence-electron chi connectivity index (χ1n) is 12.1. The fourth-order valence-electron chi connectivity index (χ4n) is 3.71. The van der Waals surface area contributed by atoms with Crippen LogP contribution in [0.2, 0.25) is 0 Å². The summed E-state index contributed by atoms with van der Waals surface area (Å²) in [5.74, 6) is -0.535. The molecule has 6 N–H and O–H groups in total. The van der Waals surface area contributed by atoms with Crippen molar-refractivity contribution in [2.24, 2.45) is 11.7 Å². The van der Waals surface area contributed by atoms with Gasteiger partial charge in [0, 0.05) is 0 Å². The normalized spacial score (nSPS) is 25.8. The third-order valence-corrected chi connectivity index (χ3v) is 7.47. The van der Waals surface area contributed by atoms with Crippen LogP contribution in [0.1, 0.15) is 19.4 Å². The van der Waals surface area contributed by atoms with Crippen LogP contribution in [0, 0.1) is 5.92 Å². The molecule has 1 fully saturated rings. The molecule has 2 unspecified atom stereocenters. The Balaban J connectivity index is 1.87. The molecule has 7 atom stereocenters. The third-order valence-electron chi connectivity index (χ3n) is 5.91. The van der Waals surface area contributed by atoms with E-state index in [9.17, 15) is 24.7 Å². The van der Waals surface area contributed by atoms with Crippen molar-refractivity contribution in [3.8, 4) is 11.5 Å². The second-order valence-corrected chi connectivity index (χ2v) is 10.7. The van der Waals surface area contributed by atoms with Crippen molar-refractivity contribution >= 4 is 13.7 Å². The van der Waals surface area contributed by atoms with Crippen molar-refractivity contribution in [1.82, 2.24) is 5.09 Å². The smallest absolute Gasteiger partial charge is 0.459 e. The van der Waals surface area contributed by atoms with Gasteiger partial charge in [0.1, 0.15) is 42.5 Å². The van der Waals surface area contributed by atoms with E-state index in [4.69, 9.17) is 29.0 Å². The number of aliphatic hydroxyl groups excluding tert-OH is 3. The number of carbonyl (C=O) groups excluding carboxylic acids is 1. The van der Waals surface area contributed by atoms with Crippen LogP contribution in [-0.4, -0.2) is 71.7 Å². The Morgan fingerprint density at radius 2 is 1.74 bits per heavy atom. The maximum atomic E-state index is 14.1. The van der Waals surface area contributed by atoms with Crippen LogP contribution < -0.4 is 20.1 Å². The Morgan fingerprint density at radius 1 is 1.11 bits per heavy atom. The monoisotopic (exact) mass is 554 g/mol. The first kappa shape index (κ1) is 30.0. The summed E-state index contributed by atoms with van der Waals surface area (Å²) in [5, 5.41) is 33.0. The average molecular weight is 555 g/mol. The molecular weight excluding hydrogens is 519 g/mol. The zero-order valence-electron chi connectivity index (χ0n) is 21.4. The largest absolute Gasteiger partial charge is 0.497 e. The summed E-state index contributed by atoms with van der Waals surface area (Å²) in [4.78, 5) is 13.0. The Kier molecular flexibility index (Phi) is 10.7. The molecule has 38 heavy (non-hydrogen) atoms. The van der Waals surface area contributed by atoms with Crippen LogP contribution in [0.25, 0.3) is 0 Å². The predicted molar refractivity (Wildman–Crippen MR) is 136 cm³/mol. The predicted octanol–water partition coefficient (Wildman–Crippen LogP) is 1.32. The van der Waals surface area contributed by atoms with Gasteiger partial charge in [0.2, 0.25) is 0 Å². The standard InChI is InChI=1S/C25H35N2O10P/c1-15(2)21(25(31)34-14-16-7-5-4-6-8-16)27-38(32,36-18-11-9-17(33-3)10-12-18)37-23-20(26)24(30)35-19(13-28)22(23)29/h4-12,15,19-24,28-30H,13-14,26H2,1-3H3,(H,27,32)/t19-,20-,21?,22-,23-,24+,38?/m1/s1. The van der Waals surface area contributed by atoms with Gasteiger partial charge in [0.25, 0.3) is 0 Å². The topological polar surface area (TPSA) is 179 Å². The zero-order chi connectivity index (χ0) is 27.9. The van der Waals surface area contributed by atoms with Crippen molar-refractivity contribution in [3.05, 3.63) is 60.2 Å². The third kappa shape index (κ3) is 7.75. The summed E-state index contributed by atoms with van der Waals surface area (Å²) in [6.07, 6.45) is -5.97. The van der Waals surface area contributed by atoms with E-state index in [1.165, 1.54) is 19.2 Å². The highest BCUT2D eigenvalue weighted by Crippen LogP contribution is 2.48. The van der Waals surface area contributed by atoms with Crippen LogP contribution in [0.3, 0.4) is 0 Å². The number of rotatable bonds is 12. The molecule has 210 valence electrons. The van der Waals surface area contributed by atoms with Gasteiger partial charge < -0.3 is 39.8 Å².